The third-order valence-electron chi connectivity index (χ3n) is 4.63. The topological polar surface area (TPSA) is 110 Å². The molecule has 2 heterocycles. The van der Waals surface area contributed by atoms with E-state index in [1.54, 1.807) is 12.1 Å². The highest BCUT2D eigenvalue weighted by Crippen LogP contribution is 2.22. The molecule has 0 fully saturated rings. The molecule has 30 heavy (non-hydrogen) atoms. The molecular weight excluding hydrogens is 380 g/mol. The number of aromatic amines is 1. The normalized spacial score (nSPS) is 10.7. The number of benzene rings is 2. The first-order valence-electron chi connectivity index (χ1n) is 9.46. The molecule has 150 valence electrons. The summed E-state index contributed by atoms with van der Waals surface area (Å²) in [6.07, 6.45) is 3.97. The summed E-state index contributed by atoms with van der Waals surface area (Å²) in [4.78, 5) is 30.7. The monoisotopic (exact) mass is 400 g/mol. The van der Waals surface area contributed by atoms with Crippen molar-refractivity contribution in [3.63, 3.8) is 0 Å². The number of rotatable bonds is 7. The molecular formula is C23H20N4O3. The smallest absolute Gasteiger partial charge is 0.267 e. The minimum atomic E-state index is -0.611. The molecule has 0 atom stereocenters. The third-order valence-corrected chi connectivity index (χ3v) is 4.63. The number of pyridine rings is 1. The van der Waals surface area contributed by atoms with E-state index in [1.165, 1.54) is 12.3 Å². The second-order valence-electron chi connectivity index (χ2n) is 6.78. The van der Waals surface area contributed by atoms with Crippen LogP contribution in [0.25, 0.3) is 10.9 Å². The van der Waals surface area contributed by atoms with Crippen LogP contribution < -0.4 is 15.8 Å². The van der Waals surface area contributed by atoms with Crippen LogP contribution in [0.3, 0.4) is 0 Å². The Morgan fingerprint density at radius 2 is 1.90 bits per heavy atom. The third kappa shape index (κ3) is 4.47. The quantitative estimate of drug-likeness (QED) is 0.441. The number of H-pyrrole nitrogens is 1. The van der Waals surface area contributed by atoms with Crippen LogP contribution in [0.1, 0.15) is 26.4 Å². The molecule has 7 nitrogen and oxygen atoms in total. The van der Waals surface area contributed by atoms with Gasteiger partial charge in [0, 0.05) is 41.5 Å². The van der Waals surface area contributed by atoms with Crippen molar-refractivity contribution in [3.05, 3.63) is 89.9 Å². The lowest BCUT2D eigenvalue weighted by Gasteiger charge is -2.09. The van der Waals surface area contributed by atoms with Gasteiger partial charge in [-0.15, -0.1) is 0 Å². The predicted molar refractivity (Wildman–Crippen MR) is 114 cm³/mol. The summed E-state index contributed by atoms with van der Waals surface area (Å²) in [6.45, 7) is 0.495. The maximum Gasteiger partial charge on any atom is 0.267 e. The summed E-state index contributed by atoms with van der Waals surface area (Å²) in [5.74, 6) is 0.379. The fourth-order valence-corrected chi connectivity index (χ4v) is 3.13. The van der Waals surface area contributed by atoms with Gasteiger partial charge in [-0.2, -0.15) is 0 Å². The van der Waals surface area contributed by atoms with E-state index in [-0.39, 0.29) is 11.6 Å². The van der Waals surface area contributed by atoms with E-state index in [9.17, 15) is 9.59 Å². The Morgan fingerprint density at radius 3 is 2.77 bits per heavy atom. The van der Waals surface area contributed by atoms with Gasteiger partial charge in [-0.1, -0.05) is 12.1 Å². The zero-order chi connectivity index (χ0) is 20.9. The summed E-state index contributed by atoms with van der Waals surface area (Å²) in [6, 6.07) is 18.2. The number of carbonyl (C=O) groups is 2. The lowest BCUT2D eigenvalue weighted by molar-refractivity contribution is 0.0952. The number of hydrogen-bond acceptors (Lipinski definition) is 4. The lowest BCUT2D eigenvalue weighted by Crippen LogP contribution is -2.25. The summed E-state index contributed by atoms with van der Waals surface area (Å²) in [7, 11) is 0. The van der Waals surface area contributed by atoms with Gasteiger partial charge >= 0.3 is 0 Å². The van der Waals surface area contributed by atoms with Gasteiger partial charge in [0.25, 0.3) is 11.8 Å². The van der Waals surface area contributed by atoms with Crippen LogP contribution in [-0.2, 0) is 6.42 Å². The van der Waals surface area contributed by atoms with Gasteiger partial charge in [0.1, 0.15) is 17.2 Å². The van der Waals surface area contributed by atoms with Crippen LogP contribution >= 0.6 is 0 Å². The first-order valence-corrected chi connectivity index (χ1v) is 9.46. The van der Waals surface area contributed by atoms with Crippen molar-refractivity contribution in [2.24, 2.45) is 5.73 Å². The van der Waals surface area contributed by atoms with E-state index in [4.69, 9.17) is 10.5 Å². The second-order valence-corrected chi connectivity index (χ2v) is 6.78. The summed E-state index contributed by atoms with van der Waals surface area (Å²) in [5, 5.41) is 3.95. The molecule has 4 N–H and O–H groups in total. The number of hydrogen-bond donors (Lipinski definition) is 3. The predicted octanol–water partition coefficient (Wildman–Crippen LogP) is 3.43. The Labute approximate surface area is 172 Å². The summed E-state index contributed by atoms with van der Waals surface area (Å²) >= 11 is 0. The van der Waals surface area contributed by atoms with Gasteiger partial charge in [-0.3, -0.25) is 14.6 Å². The largest absolute Gasteiger partial charge is 0.457 e. The average Bonchev–Trinajstić information content (AvgIpc) is 3.22. The number of aromatic nitrogens is 2. The van der Waals surface area contributed by atoms with Gasteiger partial charge < -0.3 is 20.8 Å². The van der Waals surface area contributed by atoms with Crippen LogP contribution in [0.15, 0.2) is 73.1 Å². The highest BCUT2D eigenvalue weighted by atomic mass is 16.5. The molecule has 0 saturated carbocycles. The first kappa shape index (κ1) is 19.2. The number of nitrogens with two attached hydrogens (primary N) is 1. The molecule has 4 aromatic rings. The standard InChI is InChI=1S/C23H20N4O3/c24-22(28)21-14-19(8-11-26-21)30-18-3-1-2-15(12-18)6-9-27-23(29)17-4-5-20-16(13-17)7-10-25-20/h1-5,7-8,10-14,25H,6,9H2,(H2,24,28)(H,27,29). The Hall–Kier alpha value is -4.13. The van der Waals surface area contributed by atoms with Crippen LogP contribution in [0.5, 0.6) is 11.5 Å². The van der Waals surface area contributed by atoms with Crippen molar-refractivity contribution in [2.45, 2.75) is 6.42 Å². The van der Waals surface area contributed by atoms with Gasteiger partial charge in [0.05, 0.1) is 0 Å². The summed E-state index contributed by atoms with van der Waals surface area (Å²) < 4.78 is 5.80. The highest BCUT2D eigenvalue weighted by Gasteiger charge is 2.08. The van der Waals surface area contributed by atoms with Gasteiger partial charge in [0.15, 0.2) is 0 Å². The van der Waals surface area contributed by atoms with Gasteiger partial charge in [-0.05, 0) is 54.4 Å². The molecule has 2 amide bonds. The molecule has 0 spiro atoms. The molecule has 0 aliphatic rings. The number of primary amides is 1. The molecule has 0 aliphatic heterocycles. The molecule has 2 aromatic carbocycles. The molecule has 2 aromatic heterocycles. The number of fused-ring (bicyclic) bond motifs is 1. The van der Waals surface area contributed by atoms with E-state index >= 15 is 0 Å². The number of ether oxygens (including phenoxy) is 1. The van der Waals surface area contributed by atoms with Crippen molar-refractivity contribution in [1.82, 2.24) is 15.3 Å². The van der Waals surface area contributed by atoms with E-state index in [0.29, 0.717) is 30.0 Å². The van der Waals surface area contributed by atoms with Crippen molar-refractivity contribution in [1.29, 1.82) is 0 Å². The molecule has 0 aliphatic carbocycles. The van der Waals surface area contributed by atoms with Crippen LogP contribution in [0.2, 0.25) is 0 Å². The number of nitrogens with zero attached hydrogens (tertiary/aromatic N) is 1. The Kier molecular flexibility index (Phi) is 5.43. The van der Waals surface area contributed by atoms with Crippen molar-refractivity contribution in [3.8, 4) is 11.5 Å². The van der Waals surface area contributed by atoms with Crippen molar-refractivity contribution >= 4 is 22.7 Å². The summed E-state index contributed by atoms with van der Waals surface area (Å²) in [5.41, 5.74) is 8.03. The van der Waals surface area contributed by atoms with E-state index < -0.39 is 5.91 Å². The van der Waals surface area contributed by atoms with Crippen molar-refractivity contribution < 1.29 is 14.3 Å². The Morgan fingerprint density at radius 1 is 1.03 bits per heavy atom. The Bertz CT molecular complexity index is 1220. The number of nitrogens with one attached hydrogen (secondary N) is 2. The molecule has 7 heteroatoms. The molecule has 0 bridgehead atoms. The maximum atomic E-state index is 12.4. The first-order chi connectivity index (χ1) is 14.6. The number of carbonyl (C=O) groups excluding carboxylic acids is 2. The lowest BCUT2D eigenvalue weighted by atomic mass is 10.1. The fourth-order valence-electron chi connectivity index (χ4n) is 3.13. The van der Waals surface area contributed by atoms with E-state index in [0.717, 1.165) is 16.5 Å². The Balaban J connectivity index is 1.35. The molecule has 0 unspecified atom stereocenters. The zero-order valence-corrected chi connectivity index (χ0v) is 16.1. The van der Waals surface area contributed by atoms with Crippen LogP contribution in [0, 0.1) is 0 Å². The van der Waals surface area contributed by atoms with Gasteiger partial charge in [0.2, 0.25) is 0 Å². The highest BCUT2D eigenvalue weighted by molar-refractivity contribution is 5.98. The minimum Gasteiger partial charge on any atom is -0.457 e. The maximum absolute atomic E-state index is 12.4. The SMILES string of the molecule is NC(=O)c1cc(Oc2cccc(CCNC(=O)c3ccc4[nH]ccc4c3)c2)ccn1. The van der Waals surface area contributed by atoms with Crippen molar-refractivity contribution in [2.75, 3.05) is 6.54 Å². The van der Waals surface area contributed by atoms with Crippen LogP contribution in [-0.4, -0.2) is 28.3 Å². The second kappa shape index (κ2) is 8.48. The molecule has 0 saturated heterocycles. The number of amides is 2. The molecule has 4 rings (SSSR count). The molecule has 0 radical (unpaired) electrons. The van der Waals surface area contributed by atoms with E-state index in [1.807, 2.05) is 48.7 Å². The average molecular weight is 400 g/mol. The fraction of sp³-hybridized carbons (Fsp3) is 0.0870. The van der Waals surface area contributed by atoms with Crippen LogP contribution in [0.4, 0.5) is 0 Å². The zero-order valence-electron chi connectivity index (χ0n) is 16.1. The van der Waals surface area contributed by atoms with Gasteiger partial charge in [-0.25, -0.2) is 0 Å². The van der Waals surface area contributed by atoms with E-state index in [2.05, 4.69) is 15.3 Å². The minimum absolute atomic E-state index is 0.110.